The van der Waals surface area contributed by atoms with Crippen LogP contribution in [0.5, 0.6) is 0 Å². The highest BCUT2D eigenvalue weighted by atomic mass is 16.3. The van der Waals surface area contributed by atoms with E-state index in [0.29, 0.717) is 0 Å². The highest BCUT2D eigenvalue weighted by Crippen LogP contribution is 2.40. The molecule has 14 rings (SSSR count). The summed E-state index contributed by atoms with van der Waals surface area (Å²) in [5.41, 5.74) is 20.8. The molecule has 0 saturated heterocycles. The van der Waals surface area contributed by atoms with Crippen molar-refractivity contribution in [1.29, 1.82) is 0 Å². The molecule has 0 saturated carbocycles. The zero-order valence-corrected chi connectivity index (χ0v) is 37.2. The molecule has 0 N–H and O–H groups in total. The Hall–Kier alpha value is -9.32. The largest absolute Gasteiger partial charge is 0.454 e. The molecule has 9 aromatic carbocycles. The lowest BCUT2D eigenvalue weighted by Crippen LogP contribution is -1.93. The zero-order chi connectivity index (χ0) is 45.4. The van der Waals surface area contributed by atoms with Gasteiger partial charge in [0.1, 0.15) is 11.2 Å². The van der Waals surface area contributed by atoms with E-state index in [-0.39, 0.29) is 0 Å². The van der Waals surface area contributed by atoms with Crippen molar-refractivity contribution in [3.63, 3.8) is 0 Å². The Morgan fingerprint density at radius 2 is 0.609 bits per heavy atom. The Morgan fingerprint density at radius 1 is 0.261 bits per heavy atom. The lowest BCUT2D eigenvalue weighted by atomic mass is 9.94. The SMILES string of the molecule is c1ccc(-n2c3ccc(-c4cccc(-c5cccc(-c6ccc7oc8cnccc8c7c6)c5)c4)cc3c3cc(-c4cccc(-c5cccc(-c6ccc7oc8cnccc8c7c6)c5)c4)ccc32)cc1. The van der Waals surface area contributed by atoms with Crippen LogP contribution in [0.4, 0.5) is 0 Å². The van der Waals surface area contributed by atoms with Crippen molar-refractivity contribution in [2.24, 2.45) is 0 Å². The topological polar surface area (TPSA) is 57.0 Å². The molecule has 0 radical (unpaired) electrons. The maximum atomic E-state index is 6.07. The molecule has 0 aliphatic rings. The molecule has 5 heteroatoms. The Labute approximate surface area is 396 Å². The van der Waals surface area contributed by atoms with Gasteiger partial charge in [-0.2, -0.15) is 0 Å². The highest BCUT2D eigenvalue weighted by Gasteiger charge is 2.17. The molecule has 0 aliphatic carbocycles. The molecule has 5 aromatic heterocycles. The number of hydrogen-bond acceptors (Lipinski definition) is 4. The van der Waals surface area contributed by atoms with E-state index in [4.69, 9.17) is 8.83 Å². The highest BCUT2D eigenvalue weighted by molar-refractivity contribution is 6.12. The third-order valence-corrected chi connectivity index (χ3v) is 13.8. The fourth-order valence-corrected chi connectivity index (χ4v) is 10.4. The number of furan rings is 2. The van der Waals surface area contributed by atoms with Crippen LogP contribution >= 0.6 is 0 Å². The number of hydrogen-bond donors (Lipinski definition) is 0. The molecule has 0 atom stereocenters. The number of benzene rings is 9. The van der Waals surface area contributed by atoms with Gasteiger partial charge in [-0.25, -0.2) is 0 Å². The van der Waals surface area contributed by atoms with E-state index in [1.165, 1.54) is 66.3 Å². The second kappa shape index (κ2) is 15.7. The monoisotopic (exact) mass is 881 g/mol. The molecular formula is C64H39N3O2. The summed E-state index contributed by atoms with van der Waals surface area (Å²) in [4.78, 5) is 8.50. The Balaban J connectivity index is 0.829. The van der Waals surface area contributed by atoms with E-state index in [1.54, 1.807) is 12.4 Å². The van der Waals surface area contributed by atoms with E-state index in [0.717, 1.165) is 71.8 Å². The Kier molecular flexibility index (Phi) is 8.83. The van der Waals surface area contributed by atoms with Crippen molar-refractivity contribution in [3.8, 4) is 72.4 Å². The van der Waals surface area contributed by atoms with Crippen molar-refractivity contribution < 1.29 is 8.83 Å². The fraction of sp³-hybridized carbons (Fsp3) is 0. The van der Waals surface area contributed by atoms with Gasteiger partial charge in [0.05, 0.1) is 23.4 Å². The standard InChI is InChI=1S/C64H39N3O2/c1-2-16-52(17-3-1)67-59-22-18-48(44-12-4-8-40(30-44)42-10-6-14-46(32-42)50-20-24-61-57(36-50)53-26-28-65-38-63(53)68-61)34-55(59)56-35-49(19-23-60(56)67)45-13-5-9-41(31-45)43-11-7-15-47(33-43)51-21-25-62-58(37-51)54-27-29-66-39-64(54)69-62/h1-39H. The molecule has 0 fully saturated rings. The molecule has 0 amide bonds. The number of aromatic nitrogens is 3. The summed E-state index contributed by atoms with van der Waals surface area (Å²) in [6.07, 6.45) is 7.20. The molecule has 0 aliphatic heterocycles. The first kappa shape index (κ1) is 38.9. The maximum Gasteiger partial charge on any atom is 0.153 e. The van der Waals surface area contributed by atoms with Crippen LogP contribution in [0, 0.1) is 0 Å². The third-order valence-electron chi connectivity index (χ3n) is 13.8. The van der Waals surface area contributed by atoms with E-state index < -0.39 is 0 Å². The normalized spacial score (nSPS) is 11.8. The van der Waals surface area contributed by atoms with Gasteiger partial charge in [0.2, 0.25) is 0 Å². The Morgan fingerprint density at radius 3 is 1.00 bits per heavy atom. The number of fused-ring (bicyclic) bond motifs is 9. The number of rotatable bonds is 7. The van der Waals surface area contributed by atoms with Crippen LogP contribution in [0.2, 0.25) is 0 Å². The summed E-state index contributed by atoms with van der Waals surface area (Å²) >= 11 is 0. The molecule has 14 aromatic rings. The second-order valence-electron chi connectivity index (χ2n) is 17.8. The minimum Gasteiger partial charge on any atom is -0.454 e. The van der Waals surface area contributed by atoms with Gasteiger partial charge in [-0.3, -0.25) is 9.97 Å². The van der Waals surface area contributed by atoms with Gasteiger partial charge >= 0.3 is 0 Å². The fourth-order valence-electron chi connectivity index (χ4n) is 10.4. The molecule has 322 valence electrons. The van der Waals surface area contributed by atoms with Crippen LogP contribution in [0.3, 0.4) is 0 Å². The van der Waals surface area contributed by atoms with E-state index in [1.807, 2.05) is 24.5 Å². The van der Waals surface area contributed by atoms with Crippen molar-refractivity contribution in [1.82, 2.24) is 14.5 Å². The van der Waals surface area contributed by atoms with E-state index in [2.05, 4.69) is 215 Å². The molecule has 5 nitrogen and oxygen atoms in total. The second-order valence-corrected chi connectivity index (χ2v) is 17.8. The van der Waals surface area contributed by atoms with Crippen LogP contribution < -0.4 is 0 Å². The first-order valence-corrected chi connectivity index (χ1v) is 23.2. The summed E-state index contributed by atoms with van der Waals surface area (Å²) in [6.45, 7) is 0. The van der Waals surface area contributed by atoms with Gasteiger partial charge in [-0.1, -0.05) is 115 Å². The third kappa shape index (κ3) is 6.63. The van der Waals surface area contributed by atoms with Crippen molar-refractivity contribution in [3.05, 3.63) is 237 Å². The first-order valence-electron chi connectivity index (χ1n) is 23.2. The summed E-state index contributed by atoms with van der Waals surface area (Å²) in [5, 5.41) is 6.76. The summed E-state index contributed by atoms with van der Waals surface area (Å²) in [5.74, 6) is 0. The number of nitrogens with zero attached hydrogens (tertiary/aromatic N) is 3. The number of para-hydroxylation sites is 1. The molecule has 69 heavy (non-hydrogen) atoms. The van der Waals surface area contributed by atoms with Gasteiger partial charge in [-0.15, -0.1) is 0 Å². The minimum atomic E-state index is 0.802. The average Bonchev–Trinajstić information content (AvgIpc) is 4.10. The summed E-state index contributed by atoms with van der Waals surface area (Å²) in [7, 11) is 0. The van der Waals surface area contributed by atoms with Gasteiger partial charge in [0.25, 0.3) is 0 Å². The van der Waals surface area contributed by atoms with Gasteiger partial charge in [0.15, 0.2) is 11.2 Å². The van der Waals surface area contributed by atoms with Crippen LogP contribution in [-0.4, -0.2) is 14.5 Å². The summed E-state index contributed by atoms with van der Waals surface area (Å²) in [6, 6.07) is 76.9. The zero-order valence-electron chi connectivity index (χ0n) is 37.2. The van der Waals surface area contributed by atoms with Crippen LogP contribution in [0.1, 0.15) is 0 Å². The van der Waals surface area contributed by atoms with Crippen molar-refractivity contribution in [2.75, 3.05) is 0 Å². The van der Waals surface area contributed by atoms with Crippen molar-refractivity contribution in [2.45, 2.75) is 0 Å². The average molecular weight is 882 g/mol. The maximum absolute atomic E-state index is 6.07. The quantitative estimate of drug-likeness (QED) is 0.160. The molecular weight excluding hydrogens is 843 g/mol. The van der Waals surface area contributed by atoms with Gasteiger partial charge in [-0.05, 0) is 164 Å². The van der Waals surface area contributed by atoms with Crippen LogP contribution in [-0.2, 0) is 0 Å². The van der Waals surface area contributed by atoms with Gasteiger partial charge < -0.3 is 13.4 Å². The molecule has 5 heterocycles. The Bertz CT molecular complexity index is 4070. The van der Waals surface area contributed by atoms with E-state index in [9.17, 15) is 0 Å². The lowest BCUT2D eigenvalue weighted by Gasteiger charge is -2.10. The van der Waals surface area contributed by atoms with Crippen LogP contribution in [0.15, 0.2) is 246 Å². The lowest BCUT2D eigenvalue weighted by molar-refractivity contribution is 0.666. The van der Waals surface area contributed by atoms with Crippen molar-refractivity contribution >= 4 is 65.7 Å². The molecule has 0 bridgehead atoms. The van der Waals surface area contributed by atoms with Crippen LogP contribution in [0.25, 0.3) is 138 Å². The van der Waals surface area contributed by atoms with Gasteiger partial charge in [0, 0.05) is 50.4 Å². The summed E-state index contributed by atoms with van der Waals surface area (Å²) < 4.78 is 14.5. The first-order chi connectivity index (χ1) is 34.1. The van der Waals surface area contributed by atoms with E-state index >= 15 is 0 Å². The predicted octanol–water partition coefficient (Wildman–Crippen LogP) is 17.4. The molecule has 0 spiro atoms. The minimum absolute atomic E-state index is 0.802. The predicted molar refractivity (Wildman–Crippen MR) is 284 cm³/mol. The molecule has 0 unspecified atom stereocenters. The smallest absolute Gasteiger partial charge is 0.153 e. The number of pyridine rings is 2.